The van der Waals surface area contributed by atoms with E-state index >= 15 is 0 Å². The topological polar surface area (TPSA) is 35.2 Å². The third-order valence-electron chi connectivity index (χ3n) is 2.82. The second kappa shape index (κ2) is 5.55. The van der Waals surface area contributed by atoms with Crippen molar-refractivity contribution >= 4 is 11.6 Å². The Balaban J connectivity index is 2.49. The normalized spacial score (nSPS) is 12.3. The van der Waals surface area contributed by atoms with E-state index in [2.05, 4.69) is 0 Å². The first kappa shape index (κ1) is 13.8. The maximum atomic E-state index is 13.7. The van der Waals surface area contributed by atoms with Crippen molar-refractivity contribution in [3.8, 4) is 5.75 Å². The summed E-state index contributed by atoms with van der Waals surface area (Å²) >= 11 is 5.85. The Kier molecular flexibility index (Phi) is 4.02. The van der Waals surface area contributed by atoms with Crippen LogP contribution in [-0.2, 0) is 0 Å². The molecule has 2 aromatic rings. The second-order valence-electron chi connectivity index (χ2n) is 4.03. The molecule has 1 atom stereocenters. The Bertz CT molecular complexity index is 604. The smallest absolute Gasteiger partial charge is 0.128 e. The quantitative estimate of drug-likeness (QED) is 0.933. The van der Waals surface area contributed by atoms with Crippen molar-refractivity contribution in [1.82, 2.24) is 0 Å². The monoisotopic (exact) mass is 283 g/mol. The van der Waals surface area contributed by atoms with Crippen LogP contribution in [0.2, 0.25) is 5.02 Å². The third-order valence-corrected chi connectivity index (χ3v) is 3.06. The summed E-state index contributed by atoms with van der Waals surface area (Å²) in [6.45, 7) is 0. The number of ether oxygens (including phenoxy) is 1. The molecular weight excluding hydrogens is 272 g/mol. The predicted molar refractivity (Wildman–Crippen MR) is 70.4 cm³/mol. The molecule has 1 unspecified atom stereocenters. The van der Waals surface area contributed by atoms with Gasteiger partial charge in [-0.15, -0.1) is 0 Å². The summed E-state index contributed by atoms with van der Waals surface area (Å²) in [7, 11) is 1.46. The van der Waals surface area contributed by atoms with Crippen LogP contribution in [0, 0.1) is 11.6 Å². The van der Waals surface area contributed by atoms with Crippen LogP contribution in [0.15, 0.2) is 36.4 Å². The molecular formula is C14H12ClF2NO. The first-order valence-corrected chi connectivity index (χ1v) is 5.94. The molecule has 0 radical (unpaired) electrons. The second-order valence-corrected chi connectivity index (χ2v) is 4.47. The number of methoxy groups -OCH3 is 1. The molecule has 0 aliphatic rings. The molecule has 0 heterocycles. The molecule has 5 heteroatoms. The van der Waals surface area contributed by atoms with Crippen LogP contribution in [0.5, 0.6) is 5.75 Å². The highest BCUT2D eigenvalue weighted by Crippen LogP contribution is 2.31. The molecule has 100 valence electrons. The van der Waals surface area contributed by atoms with E-state index in [0.29, 0.717) is 16.3 Å². The van der Waals surface area contributed by atoms with E-state index in [0.717, 1.165) is 18.2 Å². The number of hydrogen-bond donors (Lipinski definition) is 1. The third kappa shape index (κ3) is 2.85. The van der Waals surface area contributed by atoms with Crippen molar-refractivity contribution in [2.75, 3.05) is 7.11 Å². The van der Waals surface area contributed by atoms with Gasteiger partial charge in [0.05, 0.1) is 13.2 Å². The first-order chi connectivity index (χ1) is 9.02. The summed E-state index contributed by atoms with van der Waals surface area (Å²) in [4.78, 5) is 0. The van der Waals surface area contributed by atoms with Gasteiger partial charge in [0.25, 0.3) is 0 Å². The van der Waals surface area contributed by atoms with Crippen LogP contribution in [0.4, 0.5) is 8.78 Å². The molecule has 0 aliphatic carbocycles. The molecule has 2 nitrogen and oxygen atoms in total. The van der Waals surface area contributed by atoms with Crippen LogP contribution in [0.1, 0.15) is 17.2 Å². The molecule has 2 rings (SSSR count). The minimum absolute atomic E-state index is 0.0700. The minimum atomic E-state index is -0.831. The lowest BCUT2D eigenvalue weighted by Gasteiger charge is -2.17. The summed E-state index contributed by atoms with van der Waals surface area (Å²) in [6.07, 6.45) is 0. The number of rotatable bonds is 3. The highest BCUT2D eigenvalue weighted by atomic mass is 35.5. The molecule has 0 fully saturated rings. The van der Waals surface area contributed by atoms with Gasteiger partial charge in [-0.2, -0.15) is 0 Å². The van der Waals surface area contributed by atoms with Crippen LogP contribution in [-0.4, -0.2) is 7.11 Å². The van der Waals surface area contributed by atoms with Gasteiger partial charge in [0.2, 0.25) is 0 Å². The van der Waals surface area contributed by atoms with E-state index in [1.807, 2.05) is 0 Å². The molecule has 0 bridgehead atoms. The van der Waals surface area contributed by atoms with Gasteiger partial charge in [-0.25, -0.2) is 8.78 Å². The first-order valence-electron chi connectivity index (χ1n) is 5.57. The molecule has 19 heavy (non-hydrogen) atoms. The molecule has 0 aromatic heterocycles. The van der Waals surface area contributed by atoms with Gasteiger partial charge in [-0.3, -0.25) is 0 Å². The fourth-order valence-corrected chi connectivity index (χ4v) is 2.02. The number of halogens is 3. The van der Waals surface area contributed by atoms with Gasteiger partial charge in [0.15, 0.2) is 0 Å². The van der Waals surface area contributed by atoms with Crippen LogP contribution in [0.25, 0.3) is 0 Å². The lowest BCUT2D eigenvalue weighted by Crippen LogP contribution is -2.15. The van der Waals surface area contributed by atoms with Gasteiger partial charge >= 0.3 is 0 Å². The van der Waals surface area contributed by atoms with Crippen molar-refractivity contribution in [2.45, 2.75) is 6.04 Å². The van der Waals surface area contributed by atoms with Gasteiger partial charge in [0, 0.05) is 16.1 Å². The van der Waals surface area contributed by atoms with Crippen molar-refractivity contribution in [1.29, 1.82) is 0 Å². The molecule has 0 amide bonds. The van der Waals surface area contributed by atoms with E-state index in [9.17, 15) is 8.78 Å². The number of hydrogen-bond acceptors (Lipinski definition) is 2. The zero-order valence-corrected chi connectivity index (χ0v) is 10.9. The Morgan fingerprint density at radius 2 is 1.84 bits per heavy atom. The number of nitrogens with two attached hydrogens (primary N) is 1. The fourth-order valence-electron chi connectivity index (χ4n) is 1.86. The highest BCUT2D eigenvalue weighted by Gasteiger charge is 2.18. The van der Waals surface area contributed by atoms with Crippen LogP contribution < -0.4 is 10.5 Å². The van der Waals surface area contributed by atoms with E-state index in [4.69, 9.17) is 22.1 Å². The Hall–Kier alpha value is -1.65. The average molecular weight is 284 g/mol. The highest BCUT2D eigenvalue weighted by molar-refractivity contribution is 6.30. The SMILES string of the molecule is COc1cc(Cl)ccc1C(N)c1cc(F)ccc1F. The molecule has 0 aliphatic heterocycles. The van der Waals surface area contributed by atoms with Crippen molar-refractivity contribution in [3.05, 3.63) is 64.2 Å². The summed E-state index contributed by atoms with van der Waals surface area (Å²) in [5.74, 6) is -0.672. The number of benzene rings is 2. The molecule has 0 spiro atoms. The van der Waals surface area contributed by atoms with E-state index < -0.39 is 17.7 Å². The van der Waals surface area contributed by atoms with Crippen molar-refractivity contribution < 1.29 is 13.5 Å². The van der Waals surface area contributed by atoms with Crippen molar-refractivity contribution in [2.24, 2.45) is 5.73 Å². The molecule has 0 saturated heterocycles. The summed E-state index contributed by atoms with van der Waals surface area (Å²) in [6, 6.07) is 7.18. The van der Waals surface area contributed by atoms with E-state index in [1.54, 1.807) is 18.2 Å². The standard InChI is InChI=1S/C14H12ClF2NO/c1-19-13-6-8(15)2-4-10(13)14(18)11-7-9(16)3-5-12(11)17/h2-7,14H,18H2,1H3. The van der Waals surface area contributed by atoms with Gasteiger partial charge < -0.3 is 10.5 Å². The van der Waals surface area contributed by atoms with E-state index in [1.165, 1.54) is 7.11 Å². The maximum Gasteiger partial charge on any atom is 0.128 e. The Labute approximate surface area is 114 Å². The Morgan fingerprint density at radius 3 is 2.53 bits per heavy atom. The van der Waals surface area contributed by atoms with E-state index in [-0.39, 0.29) is 5.56 Å². The zero-order chi connectivity index (χ0) is 14.0. The molecule has 2 aromatic carbocycles. The zero-order valence-electron chi connectivity index (χ0n) is 10.2. The van der Waals surface area contributed by atoms with Gasteiger partial charge in [0.1, 0.15) is 17.4 Å². The lowest BCUT2D eigenvalue weighted by atomic mass is 9.98. The fraction of sp³-hybridized carbons (Fsp3) is 0.143. The van der Waals surface area contributed by atoms with Crippen molar-refractivity contribution in [3.63, 3.8) is 0 Å². The van der Waals surface area contributed by atoms with Crippen LogP contribution in [0.3, 0.4) is 0 Å². The average Bonchev–Trinajstić information content (AvgIpc) is 2.40. The largest absolute Gasteiger partial charge is 0.496 e. The lowest BCUT2D eigenvalue weighted by molar-refractivity contribution is 0.407. The maximum absolute atomic E-state index is 13.7. The van der Waals surface area contributed by atoms with Gasteiger partial charge in [-0.1, -0.05) is 17.7 Å². The summed E-state index contributed by atoms with van der Waals surface area (Å²) in [5, 5.41) is 0.479. The predicted octanol–water partition coefficient (Wildman–Crippen LogP) is 3.67. The Morgan fingerprint density at radius 1 is 1.11 bits per heavy atom. The summed E-state index contributed by atoms with van der Waals surface area (Å²) < 4.78 is 32.1. The molecule has 0 saturated carbocycles. The minimum Gasteiger partial charge on any atom is -0.496 e. The van der Waals surface area contributed by atoms with Gasteiger partial charge in [-0.05, 0) is 30.3 Å². The molecule has 2 N–H and O–H groups in total. The summed E-state index contributed by atoms with van der Waals surface area (Å²) in [5.41, 5.74) is 6.59. The van der Waals surface area contributed by atoms with Crippen LogP contribution >= 0.6 is 11.6 Å².